The summed E-state index contributed by atoms with van der Waals surface area (Å²) in [5.74, 6) is 1.18. The number of hydrogen-bond acceptors (Lipinski definition) is 6. The molecule has 2 heterocycles. The third-order valence-electron chi connectivity index (χ3n) is 5.18. The van der Waals surface area contributed by atoms with E-state index in [-0.39, 0.29) is 12.2 Å². The SMILES string of the molecule is O=c1/c(=C/c2cc(Cl)c(OCCOCCOc3ccccc3)c(Cl)c2)sc2nc3ccccc3n12. The Morgan fingerprint density at radius 1 is 0.886 bits per heavy atom. The highest BCUT2D eigenvalue weighted by molar-refractivity contribution is 7.15. The van der Waals surface area contributed by atoms with Crippen LogP contribution in [0.15, 0.2) is 71.5 Å². The molecule has 5 aromatic rings. The zero-order chi connectivity index (χ0) is 24.2. The Hall–Kier alpha value is -3.10. The van der Waals surface area contributed by atoms with Crippen LogP contribution in [0, 0.1) is 0 Å². The summed E-state index contributed by atoms with van der Waals surface area (Å²) < 4.78 is 19.0. The van der Waals surface area contributed by atoms with Gasteiger partial charge in [0.05, 0.1) is 38.8 Å². The summed E-state index contributed by atoms with van der Waals surface area (Å²) in [6, 6.07) is 20.6. The molecule has 2 aromatic heterocycles. The minimum absolute atomic E-state index is 0.125. The van der Waals surface area contributed by atoms with Crippen LogP contribution < -0.4 is 19.6 Å². The number of ether oxygens (including phenoxy) is 3. The number of halogens is 2. The number of rotatable bonds is 9. The molecule has 0 bridgehead atoms. The first-order valence-corrected chi connectivity index (χ1v) is 12.5. The van der Waals surface area contributed by atoms with Gasteiger partial charge in [-0.3, -0.25) is 4.79 Å². The molecule has 0 saturated heterocycles. The van der Waals surface area contributed by atoms with Crippen LogP contribution in [0.25, 0.3) is 22.1 Å². The van der Waals surface area contributed by atoms with Crippen molar-refractivity contribution < 1.29 is 14.2 Å². The molecule has 3 aromatic carbocycles. The molecule has 35 heavy (non-hydrogen) atoms. The van der Waals surface area contributed by atoms with Gasteiger partial charge in [-0.1, -0.05) is 64.9 Å². The fourth-order valence-electron chi connectivity index (χ4n) is 3.60. The number of imidazole rings is 1. The average Bonchev–Trinajstić information content (AvgIpc) is 3.36. The molecule has 0 spiro atoms. The van der Waals surface area contributed by atoms with E-state index in [1.54, 1.807) is 22.6 Å². The second-order valence-corrected chi connectivity index (χ2v) is 9.39. The minimum atomic E-state index is -0.125. The van der Waals surface area contributed by atoms with Crippen LogP contribution in [0.1, 0.15) is 5.56 Å². The van der Waals surface area contributed by atoms with Gasteiger partial charge in [-0.2, -0.15) is 0 Å². The third kappa shape index (κ3) is 5.28. The molecular weight excluding hydrogens is 507 g/mol. The Bertz CT molecular complexity index is 1560. The summed E-state index contributed by atoms with van der Waals surface area (Å²) in [7, 11) is 0. The van der Waals surface area contributed by atoms with Crippen molar-refractivity contribution in [2.24, 2.45) is 0 Å². The highest BCUT2D eigenvalue weighted by Gasteiger charge is 2.12. The largest absolute Gasteiger partial charge is 0.491 e. The summed E-state index contributed by atoms with van der Waals surface area (Å²) >= 11 is 14.2. The van der Waals surface area contributed by atoms with Gasteiger partial charge in [-0.05, 0) is 48.0 Å². The highest BCUT2D eigenvalue weighted by atomic mass is 35.5. The van der Waals surface area contributed by atoms with Gasteiger partial charge in [-0.25, -0.2) is 9.38 Å². The Labute approximate surface area is 214 Å². The fourth-order valence-corrected chi connectivity index (χ4v) is 5.20. The van der Waals surface area contributed by atoms with E-state index in [0.717, 1.165) is 16.8 Å². The predicted octanol–water partition coefficient (Wildman–Crippen LogP) is 5.24. The monoisotopic (exact) mass is 526 g/mol. The number of thiazole rings is 1. The van der Waals surface area contributed by atoms with Crippen molar-refractivity contribution in [3.63, 3.8) is 0 Å². The standard InChI is InChI=1S/C26H20Cl2N2O4S/c27-19-14-17(16-23-25(31)30-22-9-5-4-8-21(22)29-26(30)35-23)15-20(28)24(19)34-13-11-32-10-12-33-18-6-2-1-3-7-18/h1-9,14-16H,10-13H2/b23-16-. The zero-order valence-corrected chi connectivity index (χ0v) is 20.8. The number of hydrogen-bond donors (Lipinski definition) is 0. The number of benzene rings is 3. The van der Waals surface area contributed by atoms with Crippen molar-refractivity contribution in [3.05, 3.63) is 97.2 Å². The summed E-state index contributed by atoms with van der Waals surface area (Å²) in [6.45, 7) is 1.53. The summed E-state index contributed by atoms with van der Waals surface area (Å²) in [6.07, 6.45) is 1.76. The molecule has 0 unspecified atom stereocenters. The number of nitrogens with zero attached hydrogens (tertiary/aromatic N) is 2. The maximum Gasteiger partial charge on any atom is 0.274 e. The van der Waals surface area contributed by atoms with E-state index in [9.17, 15) is 4.79 Å². The first kappa shape index (κ1) is 23.6. The van der Waals surface area contributed by atoms with Crippen LogP contribution in [0.3, 0.4) is 0 Å². The molecule has 178 valence electrons. The maximum absolute atomic E-state index is 13.0. The number of para-hydroxylation sites is 3. The van der Waals surface area contributed by atoms with Crippen LogP contribution in [-0.2, 0) is 4.74 Å². The maximum atomic E-state index is 13.0. The van der Waals surface area contributed by atoms with Gasteiger partial charge in [0.25, 0.3) is 5.56 Å². The second-order valence-electron chi connectivity index (χ2n) is 7.57. The Morgan fingerprint density at radius 2 is 1.57 bits per heavy atom. The van der Waals surface area contributed by atoms with Crippen LogP contribution in [0.4, 0.5) is 0 Å². The quantitative estimate of drug-likeness (QED) is 0.246. The van der Waals surface area contributed by atoms with Gasteiger partial charge in [0.15, 0.2) is 10.7 Å². The van der Waals surface area contributed by atoms with Gasteiger partial charge in [-0.15, -0.1) is 0 Å². The van der Waals surface area contributed by atoms with Crippen molar-refractivity contribution in [2.45, 2.75) is 0 Å². The first-order chi connectivity index (χ1) is 17.1. The molecule has 0 fully saturated rings. The topological polar surface area (TPSA) is 62.1 Å². The van der Waals surface area contributed by atoms with Crippen LogP contribution in [-0.4, -0.2) is 35.8 Å². The molecule has 9 heteroatoms. The lowest BCUT2D eigenvalue weighted by atomic mass is 10.2. The van der Waals surface area contributed by atoms with Crippen LogP contribution in [0.2, 0.25) is 10.0 Å². The summed E-state index contributed by atoms with van der Waals surface area (Å²) in [5.41, 5.74) is 2.16. The molecule has 5 rings (SSSR count). The molecule has 0 atom stereocenters. The molecular formula is C26H20Cl2N2O4S. The average molecular weight is 527 g/mol. The Kier molecular flexibility index (Phi) is 7.20. The smallest absolute Gasteiger partial charge is 0.274 e. The normalized spacial score (nSPS) is 12.0. The van der Waals surface area contributed by atoms with Gasteiger partial charge in [0.2, 0.25) is 0 Å². The highest BCUT2D eigenvalue weighted by Crippen LogP contribution is 2.34. The van der Waals surface area contributed by atoms with Gasteiger partial charge in [0, 0.05) is 0 Å². The van der Waals surface area contributed by atoms with E-state index >= 15 is 0 Å². The molecule has 6 nitrogen and oxygen atoms in total. The lowest BCUT2D eigenvalue weighted by Gasteiger charge is -2.11. The van der Waals surface area contributed by atoms with E-state index in [4.69, 9.17) is 37.4 Å². The van der Waals surface area contributed by atoms with E-state index in [0.29, 0.717) is 50.7 Å². The summed E-state index contributed by atoms with van der Waals surface area (Å²) in [5, 5.41) is 0.714. The lowest BCUT2D eigenvalue weighted by molar-refractivity contribution is 0.0765. The lowest BCUT2D eigenvalue weighted by Crippen LogP contribution is -2.22. The van der Waals surface area contributed by atoms with Crippen molar-refractivity contribution in [2.75, 3.05) is 26.4 Å². The molecule has 0 aliphatic rings. The van der Waals surface area contributed by atoms with E-state index < -0.39 is 0 Å². The van der Waals surface area contributed by atoms with Crippen LogP contribution >= 0.6 is 34.5 Å². The van der Waals surface area contributed by atoms with Crippen molar-refractivity contribution >= 4 is 56.6 Å². The van der Waals surface area contributed by atoms with Gasteiger partial charge < -0.3 is 14.2 Å². The first-order valence-electron chi connectivity index (χ1n) is 10.9. The van der Waals surface area contributed by atoms with Gasteiger partial charge in [0.1, 0.15) is 19.0 Å². The van der Waals surface area contributed by atoms with E-state index in [1.165, 1.54) is 11.3 Å². The minimum Gasteiger partial charge on any atom is -0.491 e. The predicted molar refractivity (Wildman–Crippen MR) is 140 cm³/mol. The Balaban J connectivity index is 1.21. The molecule has 0 aliphatic heterocycles. The molecule has 0 amide bonds. The summed E-state index contributed by atoms with van der Waals surface area (Å²) in [4.78, 5) is 18.1. The van der Waals surface area contributed by atoms with E-state index in [1.807, 2.05) is 54.6 Å². The molecule has 0 N–H and O–H groups in total. The number of fused-ring (bicyclic) bond motifs is 3. The third-order valence-corrected chi connectivity index (χ3v) is 6.71. The second kappa shape index (κ2) is 10.7. The fraction of sp³-hybridized carbons (Fsp3) is 0.154. The van der Waals surface area contributed by atoms with Crippen molar-refractivity contribution in [1.29, 1.82) is 0 Å². The molecule has 0 radical (unpaired) electrons. The molecule has 0 saturated carbocycles. The Morgan fingerprint density at radius 3 is 2.34 bits per heavy atom. The van der Waals surface area contributed by atoms with E-state index in [2.05, 4.69) is 4.98 Å². The van der Waals surface area contributed by atoms with Crippen molar-refractivity contribution in [1.82, 2.24) is 9.38 Å². The van der Waals surface area contributed by atoms with Crippen LogP contribution in [0.5, 0.6) is 11.5 Å². The van der Waals surface area contributed by atoms with Gasteiger partial charge >= 0.3 is 0 Å². The van der Waals surface area contributed by atoms with Crippen molar-refractivity contribution in [3.8, 4) is 11.5 Å². The number of aromatic nitrogens is 2. The molecule has 0 aliphatic carbocycles. The zero-order valence-electron chi connectivity index (χ0n) is 18.4.